The molecule has 16 heavy (non-hydrogen) atoms. The van der Waals surface area contributed by atoms with Crippen molar-refractivity contribution in [2.75, 3.05) is 6.61 Å². The van der Waals surface area contributed by atoms with Gasteiger partial charge in [0.25, 0.3) is 0 Å². The summed E-state index contributed by atoms with van der Waals surface area (Å²) in [5.41, 5.74) is 2.41. The molecular weight excluding hydrogens is 200 g/mol. The molecule has 2 aromatic rings. The molecule has 1 atom stereocenters. The van der Waals surface area contributed by atoms with E-state index in [1.54, 1.807) is 6.26 Å². The first-order chi connectivity index (χ1) is 7.81. The fourth-order valence-electron chi connectivity index (χ4n) is 1.99. The van der Waals surface area contributed by atoms with Gasteiger partial charge in [0.1, 0.15) is 5.76 Å². The van der Waals surface area contributed by atoms with Crippen molar-refractivity contribution in [1.29, 1.82) is 0 Å². The summed E-state index contributed by atoms with van der Waals surface area (Å²) in [6.07, 6.45) is 2.41. The van der Waals surface area contributed by atoms with Crippen LogP contribution in [0.25, 0.3) is 0 Å². The fraction of sp³-hybridized carbons (Fsp3) is 0.286. The summed E-state index contributed by atoms with van der Waals surface area (Å²) < 4.78 is 5.32. The Morgan fingerprint density at radius 3 is 2.62 bits per heavy atom. The largest absolute Gasteiger partial charge is 0.469 e. The third-order valence-corrected chi connectivity index (χ3v) is 2.88. The van der Waals surface area contributed by atoms with E-state index < -0.39 is 0 Å². The first-order valence-corrected chi connectivity index (χ1v) is 5.50. The van der Waals surface area contributed by atoms with E-state index >= 15 is 0 Å². The van der Waals surface area contributed by atoms with Crippen molar-refractivity contribution in [3.8, 4) is 0 Å². The maximum atomic E-state index is 9.46. The Morgan fingerprint density at radius 2 is 2.00 bits per heavy atom. The first kappa shape index (κ1) is 11.0. The third kappa shape index (κ3) is 2.34. The van der Waals surface area contributed by atoms with Crippen molar-refractivity contribution in [2.24, 2.45) is 0 Å². The molecule has 0 bridgehead atoms. The zero-order chi connectivity index (χ0) is 11.4. The van der Waals surface area contributed by atoms with Gasteiger partial charge in [0, 0.05) is 12.3 Å². The fourth-order valence-corrected chi connectivity index (χ4v) is 1.99. The molecule has 0 spiro atoms. The summed E-state index contributed by atoms with van der Waals surface area (Å²) in [5.74, 6) is 1.04. The van der Waals surface area contributed by atoms with E-state index in [1.807, 2.05) is 24.3 Å². The van der Waals surface area contributed by atoms with Gasteiger partial charge in [-0.25, -0.2) is 0 Å². The summed E-state index contributed by atoms with van der Waals surface area (Å²) in [5, 5.41) is 9.46. The van der Waals surface area contributed by atoms with Crippen LogP contribution in [0.4, 0.5) is 0 Å². The standard InChI is InChI=1S/C14H16O2/c1-11-5-2-3-7-14(11)12(10-15)9-13-6-4-8-16-13/h2-8,12,15H,9-10H2,1H3. The minimum absolute atomic E-state index is 0.118. The molecule has 0 aliphatic heterocycles. The van der Waals surface area contributed by atoms with E-state index in [0.29, 0.717) is 0 Å². The van der Waals surface area contributed by atoms with Crippen LogP contribution in [0.1, 0.15) is 22.8 Å². The van der Waals surface area contributed by atoms with Crippen LogP contribution in [0.15, 0.2) is 47.1 Å². The number of aliphatic hydroxyl groups is 1. The van der Waals surface area contributed by atoms with Crippen LogP contribution < -0.4 is 0 Å². The second-order valence-electron chi connectivity index (χ2n) is 4.02. The molecule has 0 aliphatic carbocycles. The summed E-state index contributed by atoms with van der Waals surface area (Å²) in [4.78, 5) is 0. The minimum atomic E-state index is 0.118. The minimum Gasteiger partial charge on any atom is -0.469 e. The molecule has 1 N–H and O–H groups in total. The quantitative estimate of drug-likeness (QED) is 0.852. The zero-order valence-electron chi connectivity index (χ0n) is 9.39. The number of hydrogen-bond donors (Lipinski definition) is 1. The van der Waals surface area contributed by atoms with Crippen LogP contribution in [0.2, 0.25) is 0 Å². The van der Waals surface area contributed by atoms with Crippen molar-refractivity contribution in [2.45, 2.75) is 19.3 Å². The van der Waals surface area contributed by atoms with Gasteiger partial charge in [-0.05, 0) is 30.2 Å². The Balaban J connectivity index is 2.20. The van der Waals surface area contributed by atoms with Crippen molar-refractivity contribution in [3.05, 3.63) is 59.5 Å². The Hall–Kier alpha value is -1.54. The second-order valence-corrected chi connectivity index (χ2v) is 4.02. The highest BCUT2D eigenvalue weighted by Gasteiger charge is 2.14. The molecule has 1 aromatic heterocycles. The predicted molar refractivity (Wildman–Crippen MR) is 63.4 cm³/mol. The number of benzene rings is 1. The van der Waals surface area contributed by atoms with Gasteiger partial charge in [0.15, 0.2) is 0 Å². The molecule has 0 radical (unpaired) electrons. The van der Waals surface area contributed by atoms with E-state index in [0.717, 1.165) is 12.2 Å². The van der Waals surface area contributed by atoms with Crippen LogP contribution in [-0.2, 0) is 6.42 Å². The summed E-state index contributed by atoms with van der Waals surface area (Å²) >= 11 is 0. The lowest BCUT2D eigenvalue weighted by atomic mass is 9.92. The number of hydrogen-bond acceptors (Lipinski definition) is 2. The van der Waals surface area contributed by atoms with Crippen molar-refractivity contribution in [1.82, 2.24) is 0 Å². The van der Waals surface area contributed by atoms with E-state index in [1.165, 1.54) is 11.1 Å². The normalized spacial score (nSPS) is 12.6. The predicted octanol–water partition coefficient (Wildman–Crippen LogP) is 2.91. The van der Waals surface area contributed by atoms with Crippen LogP contribution in [-0.4, -0.2) is 11.7 Å². The van der Waals surface area contributed by atoms with Gasteiger partial charge in [-0.15, -0.1) is 0 Å². The average molecular weight is 216 g/mol. The van der Waals surface area contributed by atoms with Gasteiger partial charge in [-0.3, -0.25) is 0 Å². The summed E-state index contributed by atoms with van der Waals surface area (Å²) in [6, 6.07) is 12.0. The smallest absolute Gasteiger partial charge is 0.104 e. The van der Waals surface area contributed by atoms with Crippen LogP contribution >= 0.6 is 0 Å². The molecule has 1 aromatic carbocycles. The first-order valence-electron chi connectivity index (χ1n) is 5.50. The lowest BCUT2D eigenvalue weighted by Crippen LogP contribution is -2.08. The molecule has 1 unspecified atom stereocenters. The molecular formula is C14H16O2. The molecule has 0 saturated heterocycles. The maximum Gasteiger partial charge on any atom is 0.104 e. The molecule has 84 valence electrons. The Bertz CT molecular complexity index is 432. The van der Waals surface area contributed by atoms with Gasteiger partial charge < -0.3 is 9.52 Å². The van der Waals surface area contributed by atoms with Crippen molar-refractivity contribution < 1.29 is 9.52 Å². The zero-order valence-corrected chi connectivity index (χ0v) is 9.39. The van der Waals surface area contributed by atoms with E-state index in [9.17, 15) is 5.11 Å². The average Bonchev–Trinajstić information content (AvgIpc) is 2.80. The third-order valence-electron chi connectivity index (χ3n) is 2.88. The van der Waals surface area contributed by atoms with Crippen molar-refractivity contribution >= 4 is 0 Å². The highest BCUT2D eigenvalue weighted by Crippen LogP contribution is 2.23. The van der Waals surface area contributed by atoms with Gasteiger partial charge in [-0.2, -0.15) is 0 Å². The van der Waals surface area contributed by atoms with Gasteiger partial charge in [-0.1, -0.05) is 24.3 Å². The highest BCUT2D eigenvalue weighted by molar-refractivity contribution is 5.30. The summed E-state index contributed by atoms with van der Waals surface area (Å²) in [6.45, 7) is 2.21. The molecule has 0 fully saturated rings. The van der Waals surface area contributed by atoms with E-state index in [-0.39, 0.29) is 12.5 Å². The van der Waals surface area contributed by atoms with E-state index in [4.69, 9.17) is 4.42 Å². The van der Waals surface area contributed by atoms with Crippen molar-refractivity contribution in [3.63, 3.8) is 0 Å². The number of rotatable bonds is 4. The van der Waals surface area contributed by atoms with Gasteiger partial charge >= 0.3 is 0 Å². The Labute approximate surface area is 95.5 Å². The molecule has 1 heterocycles. The number of aryl methyl sites for hydroxylation is 1. The SMILES string of the molecule is Cc1ccccc1C(CO)Cc1ccco1. The van der Waals surface area contributed by atoms with Crippen LogP contribution in [0, 0.1) is 6.92 Å². The molecule has 2 rings (SSSR count). The maximum absolute atomic E-state index is 9.46. The number of furan rings is 1. The molecule has 0 saturated carbocycles. The van der Waals surface area contributed by atoms with Gasteiger partial charge in [0.2, 0.25) is 0 Å². The monoisotopic (exact) mass is 216 g/mol. The lowest BCUT2D eigenvalue weighted by molar-refractivity contribution is 0.259. The number of aliphatic hydroxyl groups excluding tert-OH is 1. The van der Waals surface area contributed by atoms with Gasteiger partial charge in [0.05, 0.1) is 12.9 Å². The molecule has 2 nitrogen and oxygen atoms in total. The highest BCUT2D eigenvalue weighted by atomic mass is 16.3. The Kier molecular flexibility index (Phi) is 3.42. The van der Waals surface area contributed by atoms with Crippen LogP contribution in [0.5, 0.6) is 0 Å². The molecule has 0 aliphatic rings. The van der Waals surface area contributed by atoms with Crippen LogP contribution in [0.3, 0.4) is 0 Å². The molecule has 2 heteroatoms. The lowest BCUT2D eigenvalue weighted by Gasteiger charge is -2.15. The summed E-state index contributed by atoms with van der Waals surface area (Å²) in [7, 11) is 0. The Morgan fingerprint density at radius 1 is 1.19 bits per heavy atom. The molecule has 0 amide bonds. The second kappa shape index (κ2) is 4.99. The topological polar surface area (TPSA) is 33.4 Å². The van der Waals surface area contributed by atoms with E-state index in [2.05, 4.69) is 19.1 Å².